The first kappa shape index (κ1) is 13.7. The quantitative estimate of drug-likeness (QED) is 0.786. The van der Waals surface area contributed by atoms with Crippen LogP contribution in [0.4, 0.5) is 0 Å². The number of carboxylic acids is 1. The van der Waals surface area contributed by atoms with Crippen LogP contribution in [-0.2, 0) is 14.3 Å². The lowest BCUT2D eigenvalue weighted by Gasteiger charge is -2.28. The van der Waals surface area contributed by atoms with E-state index in [4.69, 9.17) is 14.6 Å². The zero-order valence-electron chi connectivity index (χ0n) is 9.13. The molecule has 0 radical (unpaired) electrons. The first-order chi connectivity index (χ1) is 7.25. The van der Waals surface area contributed by atoms with E-state index in [-0.39, 0.29) is 18.5 Å². The maximum Gasteiger partial charge on any atom is 0.332 e. The van der Waals surface area contributed by atoms with Gasteiger partial charge in [-0.25, -0.2) is 4.79 Å². The molecule has 1 N–H and O–H groups in total. The Hall–Kier alpha value is -0.360. The highest BCUT2D eigenvalue weighted by Crippen LogP contribution is 2.20. The van der Waals surface area contributed by atoms with Crippen molar-refractivity contribution in [2.24, 2.45) is 0 Å². The first-order valence-electron chi connectivity index (χ1n) is 5.44. The van der Waals surface area contributed by atoms with Gasteiger partial charge in [-0.3, -0.25) is 4.90 Å². The highest BCUT2D eigenvalue weighted by Gasteiger charge is 2.31. The Morgan fingerprint density at radius 1 is 1.31 bits per heavy atom. The van der Waals surface area contributed by atoms with Crippen molar-refractivity contribution in [3.63, 3.8) is 0 Å². The molecule has 0 saturated carbocycles. The van der Waals surface area contributed by atoms with Gasteiger partial charge in [0, 0.05) is 19.6 Å². The Balaban J connectivity index is 0.00000128. The summed E-state index contributed by atoms with van der Waals surface area (Å²) in [5.41, 5.74) is 0. The number of carboxylic acid groups (broad SMARTS) is 1. The van der Waals surface area contributed by atoms with Gasteiger partial charge in [0.15, 0.2) is 6.10 Å². The summed E-state index contributed by atoms with van der Waals surface area (Å²) < 4.78 is 10.7. The van der Waals surface area contributed by atoms with Crippen LogP contribution in [-0.4, -0.2) is 61.0 Å². The second kappa shape index (κ2) is 6.39. The summed E-state index contributed by atoms with van der Waals surface area (Å²) in [6.07, 6.45) is 0.999. The van der Waals surface area contributed by atoms with Crippen LogP contribution in [0.5, 0.6) is 0 Å². The molecule has 0 aromatic heterocycles. The fraction of sp³-hybridized carbons (Fsp3) is 0.900. The fourth-order valence-electron chi connectivity index (χ4n) is 2.09. The lowest BCUT2D eigenvalue weighted by molar-refractivity contribution is -0.149. The third kappa shape index (κ3) is 3.59. The van der Waals surface area contributed by atoms with Gasteiger partial charge in [0.1, 0.15) is 0 Å². The van der Waals surface area contributed by atoms with Gasteiger partial charge < -0.3 is 14.6 Å². The van der Waals surface area contributed by atoms with Crippen molar-refractivity contribution in [2.75, 3.05) is 32.8 Å². The van der Waals surface area contributed by atoms with Crippen molar-refractivity contribution in [1.29, 1.82) is 0 Å². The number of carbonyl (C=O) groups is 1. The van der Waals surface area contributed by atoms with Gasteiger partial charge in [-0.15, -0.1) is 12.4 Å². The average Bonchev–Trinajstić information content (AvgIpc) is 2.68. The van der Waals surface area contributed by atoms with Crippen LogP contribution < -0.4 is 0 Å². The number of morpholine rings is 1. The van der Waals surface area contributed by atoms with Crippen LogP contribution in [0.2, 0.25) is 0 Å². The van der Waals surface area contributed by atoms with E-state index in [0.717, 1.165) is 39.3 Å². The SMILES string of the molecule is Cl.O=C(O)[C@@H]1CC[C@H](CN2CCOCC2)O1. The Bertz CT molecular complexity index is 233. The minimum atomic E-state index is -0.834. The molecule has 2 heterocycles. The molecule has 2 aliphatic heterocycles. The molecule has 5 nitrogen and oxygen atoms in total. The lowest BCUT2D eigenvalue weighted by atomic mass is 10.2. The third-order valence-corrected chi connectivity index (χ3v) is 2.95. The molecule has 2 aliphatic rings. The molecule has 0 spiro atoms. The summed E-state index contributed by atoms with van der Waals surface area (Å²) in [5, 5.41) is 8.78. The van der Waals surface area contributed by atoms with Crippen molar-refractivity contribution >= 4 is 18.4 Å². The van der Waals surface area contributed by atoms with E-state index in [0.29, 0.717) is 6.42 Å². The van der Waals surface area contributed by atoms with Crippen LogP contribution in [0.1, 0.15) is 12.8 Å². The standard InChI is InChI=1S/C10H17NO4.ClH/c12-10(13)9-2-1-8(15-9)7-11-3-5-14-6-4-11;/h8-9H,1-7H2,(H,12,13);1H/t8-,9+;/m1./s1. The lowest BCUT2D eigenvalue weighted by Crippen LogP contribution is -2.41. The van der Waals surface area contributed by atoms with Gasteiger partial charge in [0.05, 0.1) is 19.3 Å². The average molecular weight is 252 g/mol. The fourth-order valence-corrected chi connectivity index (χ4v) is 2.09. The van der Waals surface area contributed by atoms with E-state index in [2.05, 4.69) is 4.90 Å². The van der Waals surface area contributed by atoms with Crippen LogP contribution in [0.25, 0.3) is 0 Å². The number of nitrogens with zero attached hydrogens (tertiary/aromatic N) is 1. The molecular weight excluding hydrogens is 234 g/mol. The molecule has 0 bridgehead atoms. The van der Waals surface area contributed by atoms with E-state index in [1.807, 2.05) is 0 Å². The molecule has 0 aromatic carbocycles. The van der Waals surface area contributed by atoms with Crippen molar-refractivity contribution in [1.82, 2.24) is 4.90 Å². The Morgan fingerprint density at radius 2 is 2.00 bits per heavy atom. The van der Waals surface area contributed by atoms with Crippen LogP contribution in [0.3, 0.4) is 0 Å². The molecule has 2 saturated heterocycles. The van der Waals surface area contributed by atoms with Gasteiger partial charge in [0.25, 0.3) is 0 Å². The number of hydrogen-bond donors (Lipinski definition) is 1. The van der Waals surface area contributed by atoms with Crippen molar-refractivity contribution in [3.05, 3.63) is 0 Å². The summed E-state index contributed by atoms with van der Waals surface area (Å²) in [7, 11) is 0. The smallest absolute Gasteiger partial charge is 0.332 e. The minimum Gasteiger partial charge on any atom is -0.479 e. The molecular formula is C10H18ClNO4. The Kier molecular flexibility index (Phi) is 5.48. The third-order valence-electron chi connectivity index (χ3n) is 2.95. The van der Waals surface area contributed by atoms with Crippen LogP contribution in [0, 0.1) is 0 Å². The Labute approximate surface area is 101 Å². The molecule has 2 fully saturated rings. The summed E-state index contributed by atoms with van der Waals surface area (Å²) in [4.78, 5) is 13.0. The molecule has 2 rings (SSSR count). The number of ether oxygens (including phenoxy) is 2. The number of halogens is 1. The highest BCUT2D eigenvalue weighted by atomic mass is 35.5. The minimum absolute atomic E-state index is 0. The molecule has 0 aromatic rings. The van der Waals surface area contributed by atoms with E-state index < -0.39 is 12.1 Å². The zero-order valence-corrected chi connectivity index (χ0v) is 9.95. The largest absolute Gasteiger partial charge is 0.479 e. The molecule has 94 valence electrons. The molecule has 0 amide bonds. The van der Waals surface area contributed by atoms with Crippen molar-refractivity contribution in [2.45, 2.75) is 25.0 Å². The van der Waals surface area contributed by atoms with Crippen molar-refractivity contribution in [3.8, 4) is 0 Å². The maximum absolute atomic E-state index is 10.7. The first-order valence-corrected chi connectivity index (χ1v) is 5.44. The number of rotatable bonds is 3. The number of aliphatic carboxylic acids is 1. The van der Waals surface area contributed by atoms with E-state index in [1.165, 1.54) is 0 Å². The molecule has 2 atom stereocenters. The van der Waals surface area contributed by atoms with Gasteiger partial charge in [-0.2, -0.15) is 0 Å². The molecule has 0 aliphatic carbocycles. The highest BCUT2D eigenvalue weighted by molar-refractivity contribution is 5.85. The molecule has 0 unspecified atom stereocenters. The normalized spacial score (nSPS) is 31.0. The van der Waals surface area contributed by atoms with Crippen molar-refractivity contribution < 1.29 is 19.4 Å². The number of hydrogen-bond acceptors (Lipinski definition) is 4. The monoisotopic (exact) mass is 251 g/mol. The van der Waals surface area contributed by atoms with E-state index in [1.54, 1.807) is 0 Å². The van der Waals surface area contributed by atoms with Gasteiger partial charge in [-0.1, -0.05) is 0 Å². The predicted molar refractivity (Wildman–Crippen MR) is 60.0 cm³/mol. The molecule has 16 heavy (non-hydrogen) atoms. The Morgan fingerprint density at radius 3 is 2.56 bits per heavy atom. The predicted octanol–water partition coefficient (Wildman–Crippen LogP) is 0.373. The van der Waals surface area contributed by atoms with Gasteiger partial charge in [0.2, 0.25) is 0 Å². The van der Waals surface area contributed by atoms with E-state index in [9.17, 15) is 4.79 Å². The second-order valence-corrected chi connectivity index (χ2v) is 4.08. The molecule has 6 heteroatoms. The van der Waals surface area contributed by atoms with Gasteiger partial charge >= 0.3 is 5.97 Å². The van der Waals surface area contributed by atoms with Crippen LogP contribution >= 0.6 is 12.4 Å². The van der Waals surface area contributed by atoms with Crippen LogP contribution in [0.15, 0.2) is 0 Å². The summed E-state index contributed by atoms with van der Waals surface area (Å²) in [5.74, 6) is -0.834. The zero-order chi connectivity index (χ0) is 10.7. The topological polar surface area (TPSA) is 59.0 Å². The second-order valence-electron chi connectivity index (χ2n) is 4.08. The van der Waals surface area contributed by atoms with Gasteiger partial charge in [-0.05, 0) is 12.8 Å². The summed E-state index contributed by atoms with van der Waals surface area (Å²) in [6, 6.07) is 0. The summed E-state index contributed by atoms with van der Waals surface area (Å²) in [6.45, 7) is 4.24. The maximum atomic E-state index is 10.7. The van der Waals surface area contributed by atoms with E-state index >= 15 is 0 Å². The summed E-state index contributed by atoms with van der Waals surface area (Å²) >= 11 is 0.